The minimum Gasteiger partial charge on any atom is -0.507 e. The minimum absolute atomic E-state index is 0.395. The summed E-state index contributed by atoms with van der Waals surface area (Å²) in [5, 5.41) is 15.8. The van der Waals surface area contributed by atoms with E-state index in [9.17, 15) is 5.11 Å². The summed E-state index contributed by atoms with van der Waals surface area (Å²) in [6.45, 7) is 4.41. The zero-order valence-electron chi connectivity index (χ0n) is 13.0. The average Bonchev–Trinajstić information content (AvgIpc) is 2.53. The molecule has 22 heavy (non-hydrogen) atoms. The van der Waals surface area contributed by atoms with Crippen LogP contribution in [0.4, 0.5) is 0 Å². The molecular weight excluding hydrogens is 272 g/mol. The quantitative estimate of drug-likeness (QED) is 0.912. The first-order chi connectivity index (χ1) is 10.8. The summed E-state index contributed by atoms with van der Waals surface area (Å²) in [6.07, 6.45) is 4.04. The van der Waals surface area contributed by atoms with Crippen LogP contribution in [0.15, 0.2) is 36.4 Å². The Morgan fingerprint density at radius 2 is 1.73 bits per heavy atom. The monoisotopic (exact) mass is 296 g/mol. The Kier molecular flexibility index (Phi) is 3.77. The van der Waals surface area contributed by atoms with Gasteiger partial charge in [0.15, 0.2) is 0 Å². The van der Waals surface area contributed by atoms with E-state index in [0.717, 1.165) is 37.5 Å². The Morgan fingerprint density at radius 1 is 1.00 bits per heavy atom. The van der Waals surface area contributed by atoms with E-state index in [-0.39, 0.29) is 0 Å². The predicted molar refractivity (Wildman–Crippen MR) is 90.1 cm³/mol. The highest BCUT2D eigenvalue weighted by atomic mass is 16.3. The zero-order valence-corrected chi connectivity index (χ0v) is 13.0. The van der Waals surface area contributed by atoms with Crippen LogP contribution in [0, 0.1) is 5.92 Å². The Bertz CT molecular complexity index is 660. The molecule has 0 spiro atoms. The lowest BCUT2D eigenvalue weighted by atomic mass is 9.75. The lowest BCUT2D eigenvalue weighted by molar-refractivity contribution is 0.0846. The van der Waals surface area contributed by atoms with Gasteiger partial charge in [-0.3, -0.25) is 4.90 Å². The number of nitrogens with one attached hydrogen (secondary N) is 1. The summed E-state index contributed by atoms with van der Waals surface area (Å²) in [4.78, 5) is 2.65. The third-order valence-electron chi connectivity index (χ3n) is 5.39. The summed E-state index contributed by atoms with van der Waals surface area (Å²) in [5.74, 6) is 1.16. The summed E-state index contributed by atoms with van der Waals surface area (Å²) in [6, 6.07) is 12.8. The van der Waals surface area contributed by atoms with Crippen LogP contribution in [0.2, 0.25) is 0 Å². The number of fused-ring (bicyclic) bond motifs is 1. The van der Waals surface area contributed by atoms with Gasteiger partial charge >= 0.3 is 0 Å². The van der Waals surface area contributed by atoms with Gasteiger partial charge in [0.05, 0.1) is 0 Å². The molecule has 0 amide bonds. The molecule has 3 heteroatoms. The van der Waals surface area contributed by atoms with Crippen LogP contribution in [0.1, 0.15) is 30.9 Å². The van der Waals surface area contributed by atoms with E-state index in [2.05, 4.69) is 28.4 Å². The van der Waals surface area contributed by atoms with Crippen LogP contribution in [-0.2, 0) is 0 Å². The van der Waals surface area contributed by atoms with E-state index in [1.54, 1.807) is 0 Å². The lowest BCUT2D eigenvalue weighted by Gasteiger charge is -2.43. The minimum atomic E-state index is 0.395. The molecular formula is C19H24N2O. The SMILES string of the molecule is Oc1ccc([C@@H](C2CCC2)N2CCNCC2)c2ccccc12. The van der Waals surface area contributed by atoms with E-state index in [0.29, 0.717) is 11.8 Å². The highest BCUT2D eigenvalue weighted by Crippen LogP contribution is 2.44. The number of rotatable bonds is 3. The summed E-state index contributed by atoms with van der Waals surface area (Å²) >= 11 is 0. The van der Waals surface area contributed by atoms with Crippen LogP contribution in [0.25, 0.3) is 10.8 Å². The fourth-order valence-corrected chi connectivity index (χ4v) is 4.03. The van der Waals surface area contributed by atoms with Gasteiger partial charge in [-0.1, -0.05) is 36.8 Å². The second-order valence-electron chi connectivity index (χ2n) is 6.64. The first kappa shape index (κ1) is 14.0. The normalized spacial score (nSPS) is 21.6. The largest absolute Gasteiger partial charge is 0.507 e. The summed E-state index contributed by atoms with van der Waals surface area (Å²) in [5.41, 5.74) is 1.40. The van der Waals surface area contributed by atoms with Gasteiger partial charge in [0, 0.05) is 37.6 Å². The van der Waals surface area contributed by atoms with Crippen molar-refractivity contribution in [1.29, 1.82) is 0 Å². The second kappa shape index (κ2) is 5.90. The van der Waals surface area contributed by atoms with Crippen molar-refractivity contribution in [3.63, 3.8) is 0 Å². The molecule has 0 unspecified atom stereocenters. The molecule has 2 aromatic carbocycles. The van der Waals surface area contributed by atoms with Gasteiger partial charge in [-0.25, -0.2) is 0 Å². The fourth-order valence-electron chi connectivity index (χ4n) is 4.03. The van der Waals surface area contributed by atoms with Gasteiger partial charge in [0.2, 0.25) is 0 Å². The topological polar surface area (TPSA) is 35.5 Å². The number of hydrogen-bond donors (Lipinski definition) is 2. The van der Waals surface area contributed by atoms with Crippen LogP contribution in [-0.4, -0.2) is 36.2 Å². The van der Waals surface area contributed by atoms with Gasteiger partial charge < -0.3 is 10.4 Å². The Hall–Kier alpha value is -1.58. The number of phenols is 1. The molecule has 116 valence electrons. The maximum absolute atomic E-state index is 10.2. The molecule has 0 bridgehead atoms. The number of aromatic hydroxyl groups is 1. The number of phenolic OH excluding ortho intramolecular Hbond substituents is 1. The van der Waals surface area contributed by atoms with E-state index < -0.39 is 0 Å². The first-order valence-electron chi connectivity index (χ1n) is 8.50. The molecule has 1 heterocycles. The predicted octanol–water partition coefficient (Wildman–Crippen LogP) is 3.29. The van der Waals surface area contributed by atoms with Crippen molar-refractivity contribution in [3.05, 3.63) is 42.0 Å². The third kappa shape index (κ3) is 2.38. The van der Waals surface area contributed by atoms with Crippen molar-refractivity contribution in [2.45, 2.75) is 25.3 Å². The van der Waals surface area contributed by atoms with Crippen molar-refractivity contribution in [3.8, 4) is 5.75 Å². The van der Waals surface area contributed by atoms with E-state index in [4.69, 9.17) is 0 Å². The van der Waals surface area contributed by atoms with Crippen molar-refractivity contribution in [2.75, 3.05) is 26.2 Å². The van der Waals surface area contributed by atoms with Crippen molar-refractivity contribution >= 4 is 10.8 Å². The molecule has 1 aliphatic heterocycles. The smallest absolute Gasteiger partial charge is 0.123 e. The third-order valence-corrected chi connectivity index (χ3v) is 5.39. The molecule has 3 nitrogen and oxygen atoms in total. The standard InChI is InChI=1S/C19H24N2O/c22-18-9-8-17(15-6-1-2-7-16(15)18)19(14-4-3-5-14)21-12-10-20-11-13-21/h1-2,6-9,14,19-20,22H,3-5,10-13H2/t19-/m1/s1. The number of piperazine rings is 1. The highest BCUT2D eigenvalue weighted by Gasteiger charge is 2.34. The van der Waals surface area contributed by atoms with Gasteiger partial charge in [-0.2, -0.15) is 0 Å². The molecule has 1 saturated carbocycles. The van der Waals surface area contributed by atoms with E-state index >= 15 is 0 Å². The van der Waals surface area contributed by atoms with Gasteiger partial charge in [0.25, 0.3) is 0 Å². The van der Waals surface area contributed by atoms with Crippen LogP contribution in [0.5, 0.6) is 5.75 Å². The fraction of sp³-hybridized carbons (Fsp3) is 0.474. The molecule has 2 fully saturated rings. The highest BCUT2D eigenvalue weighted by molar-refractivity contribution is 5.91. The van der Waals surface area contributed by atoms with Gasteiger partial charge in [-0.05, 0) is 35.8 Å². The summed E-state index contributed by atoms with van der Waals surface area (Å²) < 4.78 is 0. The lowest BCUT2D eigenvalue weighted by Crippen LogP contribution is -2.47. The molecule has 0 radical (unpaired) electrons. The molecule has 2 aliphatic rings. The van der Waals surface area contributed by atoms with E-state index in [1.165, 1.54) is 30.2 Å². The van der Waals surface area contributed by atoms with Crippen LogP contribution >= 0.6 is 0 Å². The molecule has 1 atom stereocenters. The van der Waals surface area contributed by atoms with Crippen molar-refractivity contribution in [2.24, 2.45) is 5.92 Å². The maximum Gasteiger partial charge on any atom is 0.123 e. The number of hydrogen-bond acceptors (Lipinski definition) is 3. The molecule has 1 saturated heterocycles. The molecule has 2 aromatic rings. The molecule has 0 aromatic heterocycles. The number of nitrogens with zero attached hydrogens (tertiary/aromatic N) is 1. The molecule has 4 rings (SSSR count). The number of benzene rings is 2. The van der Waals surface area contributed by atoms with Crippen molar-refractivity contribution in [1.82, 2.24) is 10.2 Å². The van der Waals surface area contributed by atoms with Crippen LogP contribution < -0.4 is 5.32 Å². The Balaban J connectivity index is 1.80. The maximum atomic E-state index is 10.2. The van der Waals surface area contributed by atoms with Gasteiger partial charge in [-0.15, -0.1) is 0 Å². The second-order valence-corrected chi connectivity index (χ2v) is 6.64. The summed E-state index contributed by atoms with van der Waals surface area (Å²) in [7, 11) is 0. The molecule has 1 aliphatic carbocycles. The average molecular weight is 296 g/mol. The Morgan fingerprint density at radius 3 is 2.41 bits per heavy atom. The Labute approximate surface area is 131 Å². The first-order valence-corrected chi connectivity index (χ1v) is 8.50. The van der Waals surface area contributed by atoms with Crippen molar-refractivity contribution < 1.29 is 5.11 Å². The van der Waals surface area contributed by atoms with Crippen LogP contribution in [0.3, 0.4) is 0 Å². The zero-order chi connectivity index (χ0) is 14.9. The van der Waals surface area contributed by atoms with E-state index in [1.807, 2.05) is 18.2 Å². The molecule has 2 N–H and O–H groups in total. The van der Waals surface area contributed by atoms with Gasteiger partial charge in [0.1, 0.15) is 5.75 Å².